The van der Waals surface area contributed by atoms with E-state index in [9.17, 15) is 0 Å². The van der Waals surface area contributed by atoms with E-state index in [1.54, 1.807) is 0 Å². The van der Waals surface area contributed by atoms with E-state index in [0.717, 1.165) is 18.9 Å². The van der Waals surface area contributed by atoms with Crippen molar-refractivity contribution in [2.75, 3.05) is 40.3 Å². The van der Waals surface area contributed by atoms with E-state index in [1.165, 1.54) is 38.0 Å². The van der Waals surface area contributed by atoms with Crippen LogP contribution in [-0.2, 0) is 6.42 Å². The fourth-order valence-electron chi connectivity index (χ4n) is 3.26. The van der Waals surface area contributed by atoms with Crippen molar-refractivity contribution < 1.29 is 0 Å². The van der Waals surface area contributed by atoms with Crippen LogP contribution in [0.15, 0.2) is 30.3 Å². The molecule has 0 amide bonds. The van der Waals surface area contributed by atoms with Gasteiger partial charge in [0.25, 0.3) is 0 Å². The van der Waals surface area contributed by atoms with Crippen molar-refractivity contribution in [1.29, 1.82) is 0 Å². The first-order valence-corrected chi connectivity index (χ1v) is 7.82. The first-order chi connectivity index (χ1) is 9.69. The van der Waals surface area contributed by atoms with Gasteiger partial charge in [0.15, 0.2) is 0 Å². The normalized spacial score (nSPS) is 19.4. The molecule has 1 atom stereocenters. The molecular formula is C17H29N3. The summed E-state index contributed by atoms with van der Waals surface area (Å²) in [6.07, 6.45) is 3.70. The highest BCUT2D eigenvalue weighted by Gasteiger charge is 2.24. The fourth-order valence-corrected chi connectivity index (χ4v) is 3.26. The summed E-state index contributed by atoms with van der Waals surface area (Å²) < 4.78 is 0. The van der Waals surface area contributed by atoms with E-state index in [-0.39, 0.29) is 0 Å². The molecule has 1 aromatic rings. The maximum atomic E-state index is 6.02. The molecule has 1 fully saturated rings. The number of hydrogen-bond acceptors (Lipinski definition) is 3. The van der Waals surface area contributed by atoms with Gasteiger partial charge in [0.2, 0.25) is 0 Å². The summed E-state index contributed by atoms with van der Waals surface area (Å²) in [5.74, 6) is 0.858. The average molecular weight is 275 g/mol. The Bertz CT molecular complexity index is 369. The molecule has 0 spiro atoms. The third kappa shape index (κ3) is 4.58. The van der Waals surface area contributed by atoms with E-state index in [4.69, 9.17) is 5.73 Å². The minimum Gasteiger partial charge on any atom is -0.329 e. The molecule has 1 heterocycles. The van der Waals surface area contributed by atoms with Crippen LogP contribution in [0.4, 0.5) is 0 Å². The first kappa shape index (κ1) is 15.5. The molecule has 112 valence electrons. The van der Waals surface area contributed by atoms with Gasteiger partial charge in [0, 0.05) is 19.1 Å². The van der Waals surface area contributed by atoms with Gasteiger partial charge in [-0.3, -0.25) is 4.90 Å². The lowest BCUT2D eigenvalue weighted by atomic mass is 9.94. The minimum atomic E-state index is 0.498. The highest BCUT2D eigenvalue weighted by molar-refractivity contribution is 5.16. The average Bonchev–Trinajstić information content (AvgIpc) is 2.46. The third-order valence-electron chi connectivity index (χ3n) is 4.38. The zero-order chi connectivity index (χ0) is 14.4. The van der Waals surface area contributed by atoms with E-state index < -0.39 is 0 Å². The molecule has 20 heavy (non-hydrogen) atoms. The SMILES string of the molecule is CN(C)CC1CCN(C(CN)Cc2ccccc2)CC1. The quantitative estimate of drug-likeness (QED) is 0.860. The molecule has 1 aliphatic rings. The van der Waals surface area contributed by atoms with Gasteiger partial charge in [0.05, 0.1) is 0 Å². The standard InChI is InChI=1S/C17H29N3/c1-19(2)14-16-8-10-20(11-9-16)17(13-18)12-15-6-4-3-5-7-15/h3-7,16-17H,8-14,18H2,1-2H3. The van der Waals surface area contributed by atoms with E-state index >= 15 is 0 Å². The molecule has 0 aromatic heterocycles. The van der Waals surface area contributed by atoms with Gasteiger partial charge in [-0.1, -0.05) is 30.3 Å². The topological polar surface area (TPSA) is 32.5 Å². The molecular weight excluding hydrogens is 246 g/mol. The molecule has 3 nitrogen and oxygen atoms in total. The Balaban J connectivity index is 1.84. The van der Waals surface area contributed by atoms with Crippen molar-refractivity contribution >= 4 is 0 Å². The summed E-state index contributed by atoms with van der Waals surface area (Å²) in [7, 11) is 4.34. The monoisotopic (exact) mass is 275 g/mol. The van der Waals surface area contributed by atoms with Gasteiger partial charge < -0.3 is 10.6 Å². The van der Waals surface area contributed by atoms with Crippen LogP contribution in [0.5, 0.6) is 0 Å². The van der Waals surface area contributed by atoms with Crippen LogP contribution in [-0.4, -0.2) is 56.1 Å². The van der Waals surface area contributed by atoms with Crippen molar-refractivity contribution in [2.24, 2.45) is 11.7 Å². The van der Waals surface area contributed by atoms with Gasteiger partial charge in [0.1, 0.15) is 0 Å². The Hall–Kier alpha value is -0.900. The van der Waals surface area contributed by atoms with Crippen LogP contribution >= 0.6 is 0 Å². The lowest BCUT2D eigenvalue weighted by molar-refractivity contribution is 0.122. The van der Waals surface area contributed by atoms with E-state index in [1.807, 2.05) is 0 Å². The van der Waals surface area contributed by atoms with Crippen LogP contribution in [0.1, 0.15) is 18.4 Å². The van der Waals surface area contributed by atoms with Gasteiger partial charge in [-0.25, -0.2) is 0 Å². The molecule has 0 saturated carbocycles. The number of nitrogens with zero attached hydrogens (tertiary/aromatic N) is 2. The maximum Gasteiger partial charge on any atom is 0.0258 e. The Labute approximate surface area is 123 Å². The van der Waals surface area contributed by atoms with Gasteiger partial charge >= 0.3 is 0 Å². The summed E-state index contributed by atoms with van der Waals surface area (Å²) in [5.41, 5.74) is 7.42. The Morgan fingerprint density at radius 3 is 2.40 bits per heavy atom. The molecule has 3 heteroatoms. The lowest BCUT2D eigenvalue weighted by Crippen LogP contribution is -2.47. The highest BCUT2D eigenvalue weighted by Crippen LogP contribution is 2.20. The van der Waals surface area contributed by atoms with Gasteiger partial charge in [-0.15, -0.1) is 0 Å². The predicted octanol–water partition coefficient (Wildman–Crippen LogP) is 1.83. The molecule has 2 rings (SSSR count). The van der Waals surface area contributed by atoms with Crippen LogP contribution in [0, 0.1) is 5.92 Å². The number of piperidine rings is 1. The second-order valence-corrected chi connectivity index (χ2v) is 6.32. The molecule has 1 aliphatic heterocycles. The Morgan fingerprint density at radius 2 is 1.85 bits per heavy atom. The zero-order valence-electron chi connectivity index (χ0n) is 13.0. The summed E-state index contributed by atoms with van der Waals surface area (Å²) >= 11 is 0. The molecule has 1 unspecified atom stereocenters. The van der Waals surface area contributed by atoms with Crippen molar-refractivity contribution in [3.63, 3.8) is 0 Å². The highest BCUT2D eigenvalue weighted by atomic mass is 15.2. The van der Waals surface area contributed by atoms with Crippen molar-refractivity contribution in [3.05, 3.63) is 35.9 Å². The minimum absolute atomic E-state index is 0.498. The molecule has 0 bridgehead atoms. The number of likely N-dealkylation sites (tertiary alicyclic amines) is 1. The van der Waals surface area contributed by atoms with Gasteiger partial charge in [-0.05, 0) is 57.9 Å². The Morgan fingerprint density at radius 1 is 1.20 bits per heavy atom. The van der Waals surface area contributed by atoms with E-state index in [0.29, 0.717) is 6.04 Å². The van der Waals surface area contributed by atoms with Crippen LogP contribution in [0.2, 0.25) is 0 Å². The smallest absolute Gasteiger partial charge is 0.0258 e. The molecule has 0 radical (unpaired) electrons. The second-order valence-electron chi connectivity index (χ2n) is 6.32. The van der Waals surface area contributed by atoms with Crippen molar-refractivity contribution in [3.8, 4) is 0 Å². The summed E-state index contributed by atoms with van der Waals surface area (Å²) in [6.45, 7) is 4.38. The number of rotatable bonds is 6. The largest absolute Gasteiger partial charge is 0.329 e. The van der Waals surface area contributed by atoms with E-state index in [2.05, 4.69) is 54.2 Å². The number of benzene rings is 1. The molecule has 1 aromatic carbocycles. The van der Waals surface area contributed by atoms with Crippen LogP contribution < -0.4 is 5.73 Å². The van der Waals surface area contributed by atoms with Crippen LogP contribution in [0.3, 0.4) is 0 Å². The molecule has 2 N–H and O–H groups in total. The lowest BCUT2D eigenvalue weighted by Gasteiger charge is -2.38. The number of nitrogens with two attached hydrogens (primary N) is 1. The molecule has 1 saturated heterocycles. The van der Waals surface area contributed by atoms with Crippen molar-refractivity contribution in [1.82, 2.24) is 9.80 Å². The molecule has 0 aliphatic carbocycles. The predicted molar refractivity (Wildman–Crippen MR) is 85.8 cm³/mol. The maximum absolute atomic E-state index is 6.02. The summed E-state index contributed by atoms with van der Waals surface area (Å²) in [4.78, 5) is 4.91. The zero-order valence-corrected chi connectivity index (χ0v) is 13.0. The fraction of sp³-hybridized carbons (Fsp3) is 0.647. The summed E-state index contributed by atoms with van der Waals surface area (Å²) in [6, 6.07) is 11.2. The van der Waals surface area contributed by atoms with Crippen LogP contribution in [0.25, 0.3) is 0 Å². The summed E-state index contributed by atoms with van der Waals surface area (Å²) in [5, 5.41) is 0. The first-order valence-electron chi connectivity index (χ1n) is 7.82. The number of hydrogen-bond donors (Lipinski definition) is 1. The Kier molecular flexibility index (Phi) is 6.02. The third-order valence-corrected chi connectivity index (χ3v) is 4.38. The second kappa shape index (κ2) is 7.77. The van der Waals surface area contributed by atoms with Gasteiger partial charge in [-0.2, -0.15) is 0 Å². The van der Waals surface area contributed by atoms with Crippen molar-refractivity contribution in [2.45, 2.75) is 25.3 Å².